The standard InChI is InChI=1S/C12H18N2O4S/c1-12(2,3)9-7-14(4)6-8(10(9)15)11(16)13-19(5,17)18/h6-7H,1-5H3,(H,13,16). The molecular weight excluding hydrogens is 268 g/mol. The van der Waals surface area contributed by atoms with E-state index in [4.69, 9.17) is 0 Å². The Bertz CT molecular complexity index is 666. The van der Waals surface area contributed by atoms with Crippen molar-refractivity contribution in [2.45, 2.75) is 26.2 Å². The van der Waals surface area contributed by atoms with Crippen LogP contribution in [0.5, 0.6) is 0 Å². The predicted molar refractivity (Wildman–Crippen MR) is 72.7 cm³/mol. The van der Waals surface area contributed by atoms with E-state index in [1.165, 1.54) is 6.20 Å². The van der Waals surface area contributed by atoms with Gasteiger partial charge in [-0.3, -0.25) is 9.59 Å². The number of nitrogens with zero attached hydrogens (tertiary/aromatic N) is 1. The van der Waals surface area contributed by atoms with Crippen LogP contribution >= 0.6 is 0 Å². The Kier molecular flexibility index (Phi) is 3.90. The Labute approximate surface area is 112 Å². The highest BCUT2D eigenvalue weighted by Crippen LogP contribution is 2.18. The predicted octanol–water partition coefficient (Wildman–Crippen LogP) is 0.372. The molecule has 0 aliphatic rings. The first-order chi connectivity index (χ1) is 8.42. The SMILES string of the molecule is Cn1cc(C(=O)NS(C)(=O)=O)c(=O)c(C(C)(C)C)c1. The number of aryl methyl sites for hydroxylation is 1. The fourth-order valence-electron chi connectivity index (χ4n) is 1.63. The first-order valence-corrected chi connectivity index (χ1v) is 7.54. The molecule has 0 bridgehead atoms. The lowest BCUT2D eigenvalue weighted by Crippen LogP contribution is -2.36. The maximum Gasteiger partial charge on any atom is 0.270 e. The van der Waals surface area contributed by atoms with E-state index in [0.717, 1.165) is 6.26 Å². The molecular formula is C12H18N2O4S. The van der Waals surface area contributed by atoms with Crippen LogP contribution in [0.15, 0.2) is 17.2 Å². The third-order valence-electron chi connectivity index (χ3n) is 2.49. The van der Waals surface area contributed by atoms with Crippen molar-refractivity contribution >= 4 is 15.9 Å². The number of hydrogen-bond donors (Lipinski definition) is 1. The minimum atomic E-state index is -3.70. The highest BCUT2D eigenvalue weighted by atomic mass is 32.2. The van der Waals surface area contributed by atoms with Crippen LogP contribution in [0, 0.1) is 0 Å². The molecule has 1 rings (SSSR count). The van der Waals surface area contributed by atoms with Gasteiger partial charge in [0.2, 0.25) is 10.0 Å². The van der Waals surface area contributed by atoms with Gasteiger partial charge in [0.15, 0.2) is 5.43 Å². The lowest BCUT2D eigenvalue weighted by molar-refractivity contribution is 0.0979. The molecule has 0 spiro atoms. The van der Waals surface area contributed by atoms with Gasteiger partial charge in [0.05, 0.1) is 6.26 Å². The van der Waals surface area contributed by atoms with Crippen molar-refractivity contribution in [2.24, 2.45) is 7.05 Å². The minimum Gasteiger partial charge on any atom is -0.356 e. The van der Waals surface area contributed by atoms with E-state index in [-0.39, 0.29) is 5.56 Å². The molecule has 19 heavy (non-hydrogen) atoms. The maximum absolute atomic E-state index is 12.2. The summed E-state index contributed by atoms with van der Waals surface area (Å²) < 4.78 is 25.5. The Hall–Kier alpha value is -1.63. The molecule has 1 amide bonds. The fraction of sp³-hybridized carbons (Fsp3) is 0.500. The lowest BCUT2D eigenvalue weighted by atomic mass is 9.87. The summed E-state index contributed by atoms with van der Waals surface area (Å²) in [6, 6.07) is 0. The first-order valence-electron chi connectivity index (χ1n) is 5.64. The van der Waals surface area contributed by atoms with Crippen LogP contribution in [0.25, 0.3) is 0 Å². The van der Waals surface area contributed by atoms with E-state index in [9.17, 15) is 18.0 Å². The molecule has 0 atom stereocenters. The smallest absolute Gasteiger partial charge is 0.270 e. The number of rotatable bonds is 2. The summed E-state index contributed by atoms with van der Waals surface area (Å²) in [5.41, 5.74) is -0.612. The molecule has 1 heterocycles. The summed E-state index contributed by atoms with van der Waals surface area (Å²) in [4.78, 5) is 24.0. The number of sulfonamides is 1. The van der Waals surface area contributed by atoms with Crippen LogP contribution in [-0.4, -0.2) is 25.1 Å². The first kappa shape index (κ1) is 15.4. The quantitative estimate of drug-likeness (QED) is 0.851. The molecule has 106 valence electrons. The Morgan fingerprint density at radius 3 is 2.21 bits per heavy atom. The third-order valence-corrected chi connectivity index (χ3v) is 3.04. The van der Waals surface area contributed by atoms with Gasteiger partial charge in [0.25, 0.3) is 5.91 Å². The van der Waals surface area contributed by atoms with Crippen LogP contribution in [0.1, 0.15) is 36.7 Å². The zero-order valence-electron chi connectivity index (χ0n) is 11.6. The van der Waals surface area contributed by atoms with Crippen LogP contribution in [0.2, 0.25) is 0 Å². The van der Waals surface area contributed by atoms with Crippen molar-refractivity contribution in [1.82, 2.24) is 9.29 Å². The van der Waals surface area contributed by atoms with Gasteiger partial charge in [0, 0.05) is 25.0 Å². The average Bonchev–Trinajstić information content (AvgIpc) is 2.16. The van der Waals surface area contributed by atoms with Crippen molar-refractivity contribution in [2.75, 3.05) is 6.26 Å². The topological polar surface area (TPSA) is 85.2 Å². The van der Waals surface area contributed by atoms with Crippen LogP contribution in [-0.2, 0) is 22.5 Å². The zero-order valence-corrected chi connectivity index (χ0v) is 12.5. The van der Waals surface area contributed by atoms with E-state index >= 15 is 0 Å². The van der Waals surface area contributed by atoms with E-state index in [1.54, 1.807) is 22.5 Å². The number of carbonyl (C=O) groups is 1. The number of carbonyl (C=O) groups excluding carboxylic acids is 1. The molecule has 0 aromatic carbocycles. The largest absolute Gasteiger partial charge is 0.356 e. The fourth-order valence-corrected chi connectivity index (χ4v) is 2.07. The van der Waals surface area contributed by atoms with Crippen LogP contribution in [0.4, 0.5) is 0 Å². The summed E-state index contributed by atoms with van der Waals surface area (Å²) in [5.74, 6) is -0.908. The molecule has 0 aliphatic carbocycles. The van der Waals surface area contributed by atoms with Crippen molar-refractivity contribution in [1.29, 1.82) is 0 Å². The van der Waals surface area contributed by atoms with E-state index in [2.05, 4.69) is 0 Å². The molecule has 7 heteroatoms. The molecule has 1 N–H and O–H groups in total. The summed E-state index contributed by atoms with van der Waals surface area (Å²) in [6.45, 7) is 5.55. The molecule has 0 saturated carbocycles. The molecule has 0 aliphatic heterocycles. The number of hydrogen-bond acceptors (Lipinski definition) is 4. The van der Waals surface area contributed by atoms with E-state index in [0.29, 0.717) is 5.56 Å². The van der Waals surface area contributed by atoms with Gasteiger partial charge < -0.3 is 4.57 Å². The second kappa shape index (κ2) is 4.80. The number of pyridine rings is 1. The highest BCUT2D eigenvalue weighted by molar-refractivity contribution is 7.89. The van der Waals surface area contributed by atoms with E-state index in [1.807, 2.05) is 20.8 Å². The molecule has 0 saturated heterocycles. The van der Waals surface area contributed by atoms with Crippen molar-refractivity contribution in [3.63, 3.8) is 0 Å². The van der Waals surface area contributed by atoms with Gasteiger partial charge in [-0.2, -0.15) is 0 Å². The van der Waals surface area contributed by atoms with Gasteiger partial charge >= 0.3 is 0 Å². The van der Waals surface area contributed by atoms with Crippen molar-refractivity contribution in [3.05, 3.63) is 33.7 Å². The molecule has 0 radical (unpaired) electrons. The zero-order chi connectivity index (χ0) is 15.0. The number of nitrogens with one attached hydrogen (secondary N) is 1. The average molecular weight is 286 g/mol. The second-order valence-electron chi connectivity index (χ2n) is 5.53. The lowest BCUT2D eigenvalue weighted by Gasteiger charge is -2.19. The third kappa shape index (κ3) is 3.92. The number of aromatic nitrogens is 1. The van der Waals surface area contributed by atoms with Gasteiger partial charge in [-0.25, -0.2) is 13.1 Å². The minimum absolute atomic E-state index is 0.180. The monoisotopic (exact) mass is 286 g/mol. The normalized spacial score (nSPS) is 12.3. The molecule has 6 nitrogen and oxygen atoms in total. The van der Waals surface area contributed by atoms with Crippen LogP contribution < -0.4 is 10.2 Å². The van der Waals surface area contributed by atoms with Gasteiger partial charge in [-0.05, 0) is 5.41 Å². The summed E-state index contributed by atoms with van der Waals surface area (Å²) in [5, 5.41) is 0. The maximum atomic E-state index is 12.2. The van der Waals surface area contributed by atoms with Gasteiger partial charge in [0.1, 0.15) is 5.56 Å². The highest BCUT2D eigenvalue weighted by Gasteiger charge is 2.23. The molecule has 0 unspecified atom stereocenters. The van der Waals surface area contributed by atoms with Crippen LogP contribution in [0.3, 0.4) is 0 Å². The molecule has 1 aromatic heterocycles. The summed E-state index contributed by atoms with van der Waals surface area (Å²) in [6.07, 6.45) is 3.82. The Balaban J connectivity index is 3.43. The Morgan fingerprint density at radius 1 is 1.26 bits per heavy atom. The Morgan fingerprint density at radius 2 is 1.79 bits per heavy atom. The second-order valence-corrected chi connectivity index (χ2v) is 7.28. The molecule has 1 aromatic rings. The number of amides is 1. The van der Waals surface area contributed by atoms with Gasteiger partial charge in [-0.15, -0.1) is 0 Å². The van der Waals surface area contributed by atoms with Crippen molar-refractivity contribution < 1.29 is 13.2 Å². The molecule has 0 fully saturated rings. The van der Waals surface area contributed by atoms with Crippen molar-refractivity contribution in [3.8, 4) is 0 Å². The summed E-state index contributed by atoms with van der Waals surface area (Å²) >= 11 is 0. The van der Waals surface area contributed by atoms with Gasteiger partial charge in [-0.1, -0.05) is 20.8 Å². The van der Waals surface area contributed by atoms with E-state index < -0.39 is 26.8 Å². The summed E-state index contributed by atoms with van der Waals surface area (Å²) in [7, 11) is -2.02.